The van der Waals surface area contributed by atoms with E-state index in [1.807, 2.05) is 36.4 Å². The molecule has 0 aliphatic heterocycles. The molecule has 0 fully saturated rings. The number of hydrogen-bond donors (Lipinski definition) is 1. The molecule has 0 radical (unpaired) electrons. The minimum absolute atomic E-state index is 0.173. The van der Waals surface area contributed by atoms with Crippen LogP contribution in [-0.2, 0) is 0 Å². The first-order chi connectivity index (χ1) is 12.6. The van der Waals surface area contributed by atoms with Gasteiger partial charge in [0, 0.05) is 28.9 Å². The number of hydrogen-bond acceptors (Lipinski definition) is 3. The van der Waals surface area contributed by atoms with Gasteiger partial charge >= 0.3 is 0 Å². The van der Waals surface area contributed by atoms with Crippen molar-refractivity contribution in [2.24, 2.45) is 0 Å². The molecule has 0 atom stereocenters. The van der Waals surface area contributed by atoms with Gasteiger partial charge in [-0.25, -0.2) is 0 Å². The van der Waals surface area contributed by atoms with Crippen molar-refractivity contribution >= 4 is 33.2 Å². The highest BCUT2D eigenvalue weighted by molar-refractivity contribution is 9.10. The predicted octanol–water partition coefficient (Wildman–Crippen LogP) is 5.73. The lowest BCUT2D eigenvalue weighted by atomic mass is 10.1. The van der Waals surface area contributed by atoms with Crippen LogP contribution in [0, 0.1) is 0 Å². The predicted molar refractivity (Wildman–Crippen MR) is 113 cm³/mol. The number of ether oxygens (including phenoxy) is 1. The highest BCUT2D eigenvalue weighted by Crippen LogP contribution is 2.25. The van der Waals surface area contributed by atoms with Gasteiger partial charge in [-0.1, -0.05) is 29.3 Å². The monoisotopic (exact) mass is 418 g/mol. The Labute approximate surface area is 164 Å². The van der Waals surface area contributed by atoms with Crippen LogP contribution in [0.5, 0.6) is 5.75 Å². The third-order valence-corrected chi connectivity index (χ3v) is 4.69. The number of nitrogens with zero attached hydrogens (tertiary/aromatic N) is 1. The van der Waals surface area contributed by atoms with Crippen LogP contribution in [0.2, 0.25) is 0 Å². The van der Waals surface area contributed by atoms with Crippen LogP contribution < -0.4 is 15.0 Å². The molecule has 140 valence electrons. The topological polar surface area (TPSA) is 41.6 Å². The number of carbonyl (C=O) groups excluding carboxylic acids is 1. The minimum Gasteiger partial charge on any atom is -0.493 e. The Morgan fingerprint density at radius 3 is 2.38 bits per heavy atom. The first-order valence-corrected chi connectivity index (χ1v) is 9.97. The molecule has 1 N–H and O–H groups in total. The SMILES string of the molecule is CCCCOc1ccc(Br)cc1C(=O)Nc1ccc(N(CC)CC)cc1. The van der Waals surface area contributed by atoms with E-state index in [0.29, 0.717) is 17.9 Å². The molecule has 2 rings (SSSR count). The number of halogens is 1. The molecule has 5 heteroatoms. The van der Waals surface area contributed by atoms with Crippen LogP contribution in [0.4, 0.5) is 11.4 Å². The first kappa shape index (κ1) is 20.3. The van der Waals surface area contributed by atoms with Gasteiger partial charge in [-0.15, -0.1) is 0 Å². The summed E-state index contributed by atoms with van der Waals surface area (Å²) >= 11 is 3.43. The maximum atomic E-state index is 12.7. The van der Waals surface area contributed by atoms with E-state index >= 15 is 0 Å². The normalized spacial score (nSPS) is 10.5. The summed E-state index contributed by atoms with van der Waals surface area (Å²) in [5.74, 6) is 0.437. The molecule has 0 aromatic heterocycles. The fourth-order valence-electron chi connectivity index (χ4n) is 2.67. The number of rotatable bonds is 9. The zero-order chi connectivity index (χ0) is 18.9. The van der Waals surface area contributed by atoms with E-state index < -0.39 is 0 Å². The van der Waals surface area contributed by atoms with Gasteiger partial charge in [0.1, 0.15) is 5.75 Å². The number of benzene rings is 2. The zero-order valence-electron chi connectivity index (χ0n) is 15.7. The van der Waals surface area contributed by atoms with Crippen LogP contribution in [0.1, 0.15) is 44.0 Å². The van der Waals surface area contributed by atoms with E-state index in [0.717, 1.165) is 41.8 Å². The molecule has 0 heterocycles. The molecule has 0 unspecified atom stereocenters. The summed E-state index contributed by atoms with van der Waals surface area (Å²) < 4.78 is 6.63. The minimum atomic E-state index is -0.173. The van der Waals surface area contributed by atoms with Crippen molar-refractivity contribution < 1.29 is 9.53 Å². The lowest BCUT2D eigenvalue weighted by Crippen LogP contribution is -2.21. The quantitative estimate of drug-likeness (QED) is 0.528. The summed E-state index contributed by atoms with van der Waals surface area (Å²) in [5, 5.41) is 2.96. The van der Waals surface area contributed by atoms with Crippen molar-refractivity contribution in [1.82, 2.24) is 0 Å². The van der Waals surface area contributed by atoms with Crippen LogP contribution in [0.3, 0.4) is 0 Å². The zero-order valence-corrected chi connectivity index (χ0v) is 17.3. The maximum Gasteiger partial charge on any atom is 0.259 e. The first-order valence-electron chi connectivity index (χ1n) is 9.17. The molecule has 0 aliphatic rings. The Balaban J connectivity index is 2.12. The third kappa shape index (κ3) is 5.49. The standard InChI is InChI=1S/C21H27BrN2O2/c1-4-7-14-26-20-13-8-16(22)15-19(20)21(25)23-17-9-11-18(12-10-17)24(5-2)6-3/h8-13,15H,4-7,14H2,1-3H3,(H,23,25). The summed E-state index contributed by atoms with van der Waals surface area (Å²) in [6.07, 6.45) is 2.01. The van der Waals surface area contributed by atoms with Crippen LogP contribution >= 0.6 is 15.9 Å². The van der Waals surface area contributed by atoms with Gasteiger partial charge in [-0.2, -0.15) is 0 Å². The van der Waals surface area contributed by atoms with Crippen molar-refractivity contribution in [1.29, 1.82) is 0 Å². The van der Waals surface area contributed by atoms with E-state index in [1.165, 1.54) is 0 Å². The summed E-state index contributed by atoms with van der Waals surface area (Å²) in [4.78, 5) is 15.0. The fourth-order valence-corrected chi connectivity index (χ4v) is 3.04. The van der Waals surface area contributed by atoms with Crippen molar-refractivity contribution in [3.8, 4) is 5.75 Å². The molecule has 2 aromatic carbocycles. The van der Waals surface area contributed by atoms with Crippen molar-refractivity contribution in [3.05, 3.63) is 52.5 Å². The Morgan fingerprint density at radius 2 is 1.77 bits per heavy atom. The van der Waals surface area contributed by atoms with Gasteiger partial charge in [0.2, 0.25) is 0 Å². The fraction of sp³-hybridized carbons (Fsp3) is 0.381. The van der Waals surface area contributed by atoms with Gasteiger partial charge in [-0.05, 0) is 62.7 Å². The molecule has 0 aliphatic carbocycles. The number of anilines is 2. The second kappa shape index (κ2) is 10.2. The Bertz CT molecular complexity index is 712. The molecule has 0 bridgehead atoms. The lowest BCUT2D eigenvalue weighted by Gasteiger charge is -2.21. The highest BCUT2D eigenvalue weighted by atomic mass is 79.9. The number of amides is 1. The van der Waals surface area contributed by atoms with Crippen LogP contribution in [0.25, 0.3) is 0 Å². The molecule has 0 spiro atoms. The average molecular weight is 419 g/mol. The lowest BCUT2D eigenvalue weighted by molar-refractivity contribution is 0.102. The summed E-state index contributed by atoms with van der Waals surface area (Å²) in [5.41, 5.74) is 2.45. The highest BCUT2D eigenvalue weighted by Gasteiger charge is 2.14. The van der Waals surface area contributed by atoms with Gasteiger partial charge < -0.3 is 15.0 Å². The Hall–Kier alpha value is -2.01. The molecule has 26 heavy (non-hydrogen) atoms. The van der Waals surface area contributed by atoms with Gasteiger partial charge in [0.15, 0.2) is 0 Å². The molecule has 4 nitrogen and oxygen atoms in total. The molecule has 0 saturated carbocycles. The van der Waals surface area contributed by atoms with Gasteiger partial charge in [-0.3, -0.25) is 4.79 Å². The molecular weight excluding hydrogens is 392 g/mol. The maximum absolute atomic E-state index is 12.7. The third-order valence-electron chi connectivity index (χ3n) is 4.20. The largest absolute Gasteiger partial charge is 0.493 e. The van der Waals surface area contributed by atoms with Gasteiger partial charge in [0.05, 0.1) is 12.2 Å². The van der Waals surface area contributed by atoms with E-state index in [9.17, 15) is 4.79 Å². The Kier molecular flexibility index (Phi) is 7.98. The summed E-state index contributed by atoms with van der Waals surface area (Å²) in [6, 6.07) is 13.4. The summed E-state index contributed by atoms with van der Waals surface area (Å²) in [6.45, 7) is 8.90. The van der Waals surface area contributed by atoms with E-state index in [2.05, 4.69) is 46.9 Å². The number of nitrogens with one attached hydrogen (secondary N) is 1. The molecular formula is C21H27BrN2O2. The van der Waals surface area contributed by atoms with Gasteiger partial charge in [0.25, 0.3) is 5.91 Å². The molecule has 2 aromatic rings. The summed E-state index contributed by atoms with van der Waals surface area (Å²) in [7, 11) is 0. The van der Waals surface area contributed by atoms with E-state index in [4.69, 9.17) is 4.74 Å². The van der Waals surface area contributed by atoms with Crippen molar-refractivity contribution in [3.63, 3.8) is 0 Å². The van der Waals surface area contributed by atoms with Crippen molar-refractivity contribution in [2.45, 2.75) is 33.6 Å². The Morgan fingerprint density at radius 1 is 1.08 bits per heavy atom. The second-order valence-corrected chi connectivity index (χ2v) is 6.93. The molecule has 0 saturated heterocycles. The van der Waals surface area contributed by atoms with Crippen molar-refractivity contribution in [2.75, 3.05) is 29.9 Å². The molecule has 1 amide bonds. The number of carbonyl (C=O) groups is 1. The van der Waals surface area contributed by atoms with E-state index in [1.54, 1.807) is 6.07 Å². The smallest absolute Gasteiger partial charge is 0.259 e. The van der Waals surface area contributed by atoms with Crippen LogP contribution in [-0.4, -0.2) is 25.6 Å². The van der Waals surface area contributed by atoms with E-state index in [-0.39, 0.29) is 5.91 Å². The average Bonchev–Trinajstić information content (AvgIpc) is 2.65. The van der Waals surface area contributed by atoms with Crippen LogP contribution in [0.15, 0.2) is 46.9 Å². The number of unbranched alkanes of at least 4 members (excludes halogenated alkanes) is 1. The second-order valence-electron chi connectivity index (χ2n) is 6.02.